The Labute approximate surface area is 133 Å². The summed E-state index contributed by atoms with van der Waals surface area (Å²) in [6, 6.07) is 6.91. The third-order valence-corrected chi connectivity index (χ3v) is 3.04. The van der Waals surface area contributed by atoms with Gasteiger partial charge in [-0.25, -0.2) is 0 Å². The molecule has 0 unspecified atom stereocenters. The number of aromatic nitrogens is 1. The number of H-pyrrole nitrogens is 1. The molecule has 0 aliphatic heterocycles. The third-order valence-electron chi connectivity index (χ3n) is 3.04. The van der Waals surface area contributed by atoms with Crippen LogP contribution in [0.2, 0.25) is 0 Å². The Kier molecular flexibility index (Phi) is 4.20. The van der Waals surface area contributed by atoms with E-state index in [2.05, 4.69) is 9.72 Å². The Balaban J connectivity index is 2.80. The van der Waals surface area contributed by atoms with Crippen molar-refractivity contribution in [1.29, 1.82) is 10.5 Å². The number of nitrogens with zero attached hydrogens (tertiary/aromatic N) is 2. The molecule has 0 atom stereocenters. The van der Waals surface area contributed by atoms with Crippen molar-refractivity contribution in [2.45, 2.75) is 13.3 Å². The first-order chi connectivity index (χ1) is 11.2. The number of alkyl halides is 3. The molecule has 2 rings (SSSR count). The number of hydrogen-bond donors (Lipinski definition) is 2. The highest BCUT2D eigenvalue weighted by atomic mass is 19.4. The summed E-state index contributed by atoms with van der Waals surface area (Å²) in [6.07, 6.45) is -4.91. The van der Waals surface area contributed by atoms with E-state index in [9.17, 15) is 23.2 Å². The van der Waals surface area contributed by atoms with E-state index in [1.807, 2.05) is 0 Å². The fraction of sp³-hybridized carbons (Fsp3) is 0.133. The number of halogens is 3. The van der Waals surface area contributed by atoms with Gasteiger partial charge in [-0.15, -0.1) is 13.2 Å². The van der Waals surface area contributed by atoms with Gasteiger partial charge in [0.15, 0.2) is 0 Å². The molecule has 0 aliphatic carbocycles. The normalized spacial score (nSPS) is 10.8. The van der Waals surface area contributed by atoms with Crippen LogP contribution in [0.1, 0.15) is 16.7 Å². The maximum absolute atomic E-state index is 12.4. The summed E-state index contributed by atoms with van der Waals surface area (Å²) in [5.74, 6) is -0.819. The number of rotatable bonds is 2. The van der Waals surface area contributed by atoms with Crippen LogP contribution in [0.15, 0.2) is 23.0 Å². The topological polar surface area (TPSA) is 116 Å². The summed E-state index contributed by atoms with van der Waals surface area (Å²) in [6.45, 7) is 1.50. The first-order valence-corrected chi connectivity index (χ1v) is 6.40. The highest BCUT2D eigenvalue weighted by molar-refractivity contribution is 5.81. The van der Waals surface area contributed by atoms with Crippen molar-refractivity contribution in [3.05, 3.63) is 45.2 Å². The zero-order chi connectivity index (χ0) is 18.1. The third kappa shape index (κ3) is 3.31. The minimum atomic E-state index is -4.91. The highest BCUT2D eigenvalue weighted by Crippen LogP contribution is 2.33. The first-order valence-electron chi connectivity index (χ1n) is 6.40. The zero-order valence-corrected chi connectivity index (χ0v) is 12.2. The van der Waals surface area contributed by atoms with Crippen molar-refractivity contribution >= 4 is 5.82 Å². The molecule has 122 valence electrons. The van der Waals surface area contributed by atoms with Crippen LogP contribution >= 0.6 is 0 Å². The number of aromatic amines is 1. The molecule has 0 bridgehead atoms. The van der Waals surface area contributed by atoms with Gasteiger partial charge in [-0.05, 0) is 30.2 Å². The molecule has 0 spiro atoms. The lowest BCUT2D eigenvalue weighted by Crippen LogP contribution is -2.18. The molecule has 9 heteroatoms. The van der Waals surface area contributed by atoms with Gasteiger partial charge in [0.1, 0.15) is 34.8 Å². The predicted molar refractivity (Wildman–Crippen MR) is 77.8 cm³/mol. The Morgan fingerprint density at radius 2 is 1.79 bits per heavy atom. The van der Waals surface area contributed by atoms with E-state index in [4.69, 9.17) is 11.0 Å². The number of pyridine rings is 1. The largest absolute Gasteiger partial charge is 0.573 e. The van der Waals surface area contributed by atoms with Crippen molar-refractivity contribution in [2.75, 3.05) is 5.73 Å². The summed E-state index contributed by atoms with van der Waals surface area (Å²) < 4.78 is 41.1. The molecular formula is C15H9F3N4O2. The van der Waals surface area contributed by atoms with E-state index in [-0.39, 0.29) is 22.5 Å². The Morgan fingerprint density at radius 3 is 2.33 bits per heavy atom. The fourth-order valence-corrected chi connectivity index (χ4v) is 2.22. The maximum Gasteiger partial charge on any atom is 0.573 e. The number of ether oxygens (including phenoxy) is 1. The average molecular weight is 334 g/mol. The summed E-state index contributed by atoms with van der Waals surface area (Å²) in [7, 11) is 0. The van der Waals surface area contributed by atoms with E-state index in [1.54, 1.807) is 12.1 Å². The van der Waals surface area contributed by atoms with Crippen molar-refractivity contribution in [3.8, 4) is 29.0 Å². The van der Waals surface area contributed by atoms with Gasteiger partial charge in [0.25, 0.3) is 5.56 Å². The molecule has 2 aromatic rings. The highest BCUT2D eigenvalue weighted by Gasteiger charge is 2.31. The van der Waals surface area contributed by atoms with Crippen LogP contribution in [0.3, 0.4) is 0 Å². The van der Waals surface area contributed by atoms with Gasteiger partial charge in [0, 0.05) is 5.56 Å². The summed E-state index contributed by atoms with van der Waals surface area (Å²) >= 11 is 0. The fourth-order valence-electron chi connectivity index (χ4n) is 2.22. The number of hydrogen-bond acceptors (Lipinski definition) is 5. The van der Waals surface area contributed by atoms with Crippen LogP contribution in [0.25, 0.3) is 11.1 Å². The average Bonchev–Trinajstić information content (AvgIpc) is 2.44. The van der Waals surface area contributed by atoms with Crippen molar-refractivity contribution in [1.82, 2.24) is 4.98 Å². The van der Waals surface area contributed by atoms with Crippen LogP contribution < -0.4 is 16.0 Å². The Hall–Kier alpha value is -3.46. The second-order valence-corrected chi connectivity index (χ2v) is 4.80. The molecule has 6 nitrogen and oxygen atoms in total. The first kappa shape index (κ1) is 16.9. The van der Waals surface area contributed by atoms with Crippen LogP contribution in [-0.2, 0) is 0 Å². The lowest BCUT2D eigenvalue weighted by molar-refractivity contribution is -0.274. The summed E-state index contributed by atoms with van der Waals surface area (Å²) in [5, 5.41) is 18.4. The van der Waals surface area contributed by atoms with Gasteiger partial charge in [0.2, 0.25) is 0 Å². The molecule has 1 aromatic carbocycles. The van der Waals surface area contributed by atoms with Gasteiger partial charge in [-0.3, -0.25) is 4.79 Å². The van der Waals surface area contributed by atoms with Crippen LogP contribution in [0.5, 0.6) is 5.75 Å². The number of aryl methyl sites for hydroxylation is 1. The smallest absolute Gasteiger partial charge is 0.406 e. The van der Waals surface area contributed by atoms with Gasteiger partial charge >= 0.3 is 6.36 Å². The SMILES string of the molecule is Cc1cc(OC(F)(F)F)cc(-c2c(C#N)c(N)[nH]c(=O)c2C#N)c1. The van der Waals surface area contributed by atoms with Crippen molar-refractivity contribution in [3.63, 3.8) is 0 Å². The van der Waals surface area contributed by atoms with Crippen LogP contribution in [0.4, 0.5) is 19.0 Å². The number of nitriles is 2. The van der Waals surface area contributed by atoms with Gasteiger partial charge in [-0.2, -0.15) is 10.5 Å². The van der Waals surface area contributed by atoms with E-state index in [0.717, 1.165) is 12.1 Å². The van der Waals surface area contributed by atoms with E-state index in [1.165, 1.54) is 13.0 Å². The second-order valence-electron chi connectivity index (χ2n) is 4.80. The lowest BCUT2D eigenvalue weighted by atomic mass is 9.95. The number of anilines is 1. The molecule has 0 radical (unpaired) electrons. The number of nitrogen functional groups attached to an aromatic ring is 1. The van der Waals surface area contributed by atoms with Crippen LogP contribution in [0, 0.1) is 29.6 Å². The quantitative estimate of drug-likeness (QED) is 0.875. The lowest BCUT2D eigenvalue weighted by Gasteiger charge is -2.13. The monoisotopic (exact) mass is 334 g/mol. The second kappa shape index (κ2) is 5.97. The Bertz CT molecular complexity index is 949. The molecule has 0 amide bonds. The minimum Gasteiger partial charge on any atom is -0.406 e. The predicted octanol–water partition coefficient (Wildman–Crippen LogP) is 2.57. The molecule has 0 saturated heterocycles. The van der Waals surface area contributed by atoms with Gasteiger partial charge < -0.3 is 15.5 Å². The van der Waals surface area contributed by atoms with Crippen molar-refractivity contribution < 1.29 is 17.9 Å². The number of benzene rings is 1. The molecule has 0 fully saturated rings. The minimum absolute atomic E-state index is 0.0418. The standard InChI is InChI=1S/C15H9F3N4O2/c1-7-2-8(4-9(3-7)24-15(16,17)18)12-10(5-19)13(21)22-14(23)11(12)6-20/h2-4H,1H3,(H3,21,22,23). The molecule has 1 heterocycles. The van der Waals surface area contributed by atoms with E-state index >= 15 is 0 Å². The number of nitrogens with one attached hydrogen (secondary N) is 1. The van der Waals surface area contributed by atoms with Crippen molar-refractivity contribution in [2.24, 2.45) is 0 Å². The van der Waals surface area contributed by atoms with Gasteiger partial charge in [-0.1, -0.05) is 6.07 Å². The van der Waals surface area contributed by atoms with Crippen LogP contribution in [-0.4, -0.2) is 11.3 Å². The molecule has 0 saturated carbocycles. The molecule has 0 aliphatic rings. The van der Waals surface area contributed by atoms with E-state index in [0.29, 0.717) is 5.56 Å². The Morgan fingerprint density at radius 1 is 1.17 bits per heavy atom. The zero-order valence-electron chi connectivity index (χ0n) is 12.2. The summed E-state index contributed by atoms with van der Waals surface area (Å²) in [4.78, 5) is 14.0. The molecular weight excluding hydrogens is 325 g/mol. The molecule has 24 heavy (non-hydrogen) atoms. The number of nitrogens with two attached hydrogens (primary N) is 1. The maximum atomic E-state index is 12.4. The summed E-state index contributed by atoms with van der Waals surface area (Å²) in [5.41, 5.74) is 4.36. The van der Waals surface area contributed by atoms with E-state index < -0.39 is 23.2 Å². The molecule has 3 N–H and O–H groups in total. The molecule has 1 aromatic heterocycles. The van der Waals surface area contributed by atoms with Gasteiger partial charge in [0.05, 0.1) is 0 Å².